The van der Waals surface area contributed by atoms with Gasteiger partial charge in [-0.3, -0.25) is 4.79 Å². The molecule has 1 aliphatic rings. The summed E-state index contributed by atoms with van der Waals surface area (Å²) >= 11 is 0. The molecule has 0 aliphatic carbocycles. The third-order valence-corrected chi connectivity index (χ3v) is 4.79. The van der Waals surface area contributed by atoms with Crippen molar-refractivity contribution in [1.82, 2.24) is 0 Å². The lowest BCUT2D eigenvalue weighted by Gasteiger charge is -2.35. The molecule has 1 rings (SSSR count). The number of aliphatic hydroxyl groups excluding tert-OH is 1. The van der Waals surface area contributed by atoms with Crippen molar-refractivity contribution < 1.29 is 14.6 Å². The molecule has 23 heavy (non-hydrogen) atoms. The van der Waals surface area contributed by atoms with Crippen molar-refractivity contribution in [2.45, 2.75) is 103 Å². The SMILES string of the molecule is CC=CC[C@@H]1C(=O)O[C@H]1C[C@H](O)CCCCCCCCCCC. The van der Waals surface area contributed by atoms with E-state index in [4.69, 9.17) is 4.74 Å². The van der Waals surface area contributed by atoms with E-state index < -0.39 is 0 Å². The van der Waals surface area contributed by atoms with Crippen LogP contribution in [0.25, 0.3) is 0 Å². The zero-order chi connectivity index (χ0) is 16.9. The van der Waals surface area contributed by atoms with Gasteiger partial charge in [0, 0.05) is 6.42 Å². The first kappa shape index (κ1) is 20.2. The lowest BCUT2D eigenvalue weighted by Crippen LogP contribution is -2.46. The molecular formula is C20H36O3. The first-order valence-corrected chi connectivity index (χ1v) is 9.68. The number of hydrogen-bond acceptors (Lipinski definition) is 3. The fourth-order valence-electron chi connectivity index (χ4n) is 3.22. The lowest BCUT2D eigenvalue weighted by atomic mass is 9.88. The number of carbonyl (C=O) groups is 1. The Labute approximate surface area is 142 Å². The maximum atomic E-state index is 11.4. The minimum atomic E-state index is -0.328. The molecule has 0 aromatic heterocycles. The van der Waals surface area contributed by atoms with Crippen LogP contribution >= 0.6 is 0 Å². The Hall–Kier alpha value is -0.830. The predicted octanol–water partition coefficient (Wildman–Crippen LogP) is 5.17. The first-order chi connectivity index (χ1) is 11.2. The fraction of sp³-hybridized carbons (Fsp3) is 0.850. The number of hydrogen-bond donors (Lipinski definition) is 1. The lowest BCUT2D eigenvalue weighted by molar-refractivity contribution is -0.187. The maximum absolute atomic E-state index is 11.4. The second-order valence-electron chi connectivity index (χ2n) is 6.89. The van der Waals surface area contributed by atoms with E-state index in [2.05, 4.69) is 6.92 Å². The Balaban J connectivity index is 1.98. The second kappa shape index (κ2) is 12.6. The van der Waals surface area contributed by atoms with Crippen molar-refractivity contribution in [3.8, 4) is 0 Å². The summed E-state index contributed by atoms with van der Waals surface area (Å²) in [4.78, 5) is 11.4. The average Bonchev–Trinajstić information content (AvgIpc) is 2.53. The Morgan fingerprint density at radius 3 is 2.26 bits per heavy atom. The molecule has 0 radical (unpaired) electrons. The van der Waals surface area contributed by atoms with Crippen molar-refractivity contribution in [1.29, 1.82) is 0 Å². The van der Waals surface area contributed by atoms with Gasteiger partial charge in [0.1, 0.15) is 6.10 Å². The minimum Gasteiger partial charge on any atom is -0.461 e. The molecule has 1 saturated heterocycles. The minimum absolute atomic E-state index is 0.0380. The van der Waals surface area contributed by atoms with Gasteiger partial charge in [-0.15, -0.1) is 0 Å². The number of esters is 1. The summed E-state index contributed by atoms with van der Waals surface area (Å²) in [6.07, 6.45) is 17.4. The zero-order valence-corrected chi connectivity index (χ0v) is 15.1. The summed E-state index contributed by atoms with van der Waals surface area (Å²) in [6, 6.07) is 0. The molecule has 1 aliphatic heterocycles. The van der Waals surface area contributed by atoms with Crippen LogP contribution in [0.1, 0.15) is 90.9 Å². The van der Waals surface area contributed by atoms with Crippen LogP contribution in [-0.2, 0) is 9.53 Å². The molecule has 0 aromatic rings. The largest absolute Gasteiger partial charge is 0.461 e. The van der Waals surface area contributed by atoms with Gasteiger partial charge >= 0.3 is 5.97 Å². The molecule has 0 saturated carbocycles. The fourth-order valence-corrected chi connectivity index (χ4v) is 3.22. The topological polar surface area (TPSA) is 46.5 Å². The number of aliphatic hydroxyl groups is 1. The van der Waals surface area contributed by atoms with Crippen LogP contribution < -0.4 is 0 Å². The molecule has 0 amide bonds. The van der Waals surface area contributed by atoms with E-state index in [0.717, 1.165) is 19.3 Å². The molecule has 0 spiro atoms. The van der Waals surface area contributed by atoms with Crippen LogP contribution in [0.5, 0.6) is 0 Å². The number of ether oxygens (including phenoxy) is 1. The Kier molecular flexibility index (Phi) is 11.1. The van der Waals surface area contributed by atoms with E-state index in [1.54, 1.807) is 0 Å². The van der Waals surface area contributed by atoms with Crippen molar-refractivity contribution in [3.05, 3.63) is 12.2 Å². The van der Waals surface area contributed by atoms with Crippen LogP contribution in [0, 0.1) is 5.92 Å². The molecule has 3 atom stereocenters. The molecule has 0 aromatic carbocycles. The number of carbonyl (C=O) groups excluding carboxylic acids is 1. The number of allylic oxidation sites excluding steroid dienone is 2. The average molecular weight is 325 g/mol. The molecule has 1 heterocycles. The van der Waals surface area contributed by atoms with Crippen molar-refractivity contribution in [3.63, 3.8) is 0 Å². The Morgan fingerprint density at radius 2 is 1.70 bits per heavy atom. The Bertz CT molecular complexity index is 338. The molecule has 3 heteroatoms. The van der Waals surface area contributed by atoms with Gasteiger partial charge in [-0.05, 0) is 19.8 Å². The highest BCUT2D eigenvalue weighted by Gasteiger charge is 2.41. The zero-order valence-electron chi connectivity index (χ0n) is 15.1. The van der Waals surface area contributed by atoms with Gasteiger partial charge in [0.2, 0.25) is 0 Å². The van der Waals surface area contributed by atoms with Crippen LogP contribution in [0.15, 0.2) is 12.2 Å². The highest BCUT2D eigenvalue weighted by atomic mass is 16.6. The van der Waals surface area contributed by atoms with Crippen LogP contribution in [0.2, 0.25) is 0 Å². The molecule has 3 nitrogen and oxygen atoms in total. The third kappa shape index (κ3) is 8.55. The Morgan fingerprint density at radius 1 is 1.09 bits per heavy atom. The van der Waals surface area contributed by atoms with Gasteiger partial charge in [-0.25, -0.2) is 0 Å². The van der Waals surface area contributed by atoms with Crippen molar-refractivity contribution >= 4 is 5.97 Å². The number of unbranched alkanes of at least 4 members (excludes halogenated alkanes) is 8. The molecule has 134 valence electrons. The van der Waals surface area contributed by atoms with E-state index in [1.807, 2.05) is 19.1 Å². The van der Waals surface area contributed by atoms with E-state index in [9.17, 15) is 9.90 Å². The molecule has 1 fully saturated rings. The van der Waals surface area contributed by atoms with Gasteiger partial charge in [-0.2, -0.15) is 0 Å². The quantitative estimate of drug-likeness (QED) is 0.272. The van der Waals surface area contributed by atoms with Gasteiger partial charge in [0.25, 0.3) is 0 Å². The standard InChI is InChI=1S/C20H36O3/c1-3-5-7-8-9-10-11-12-13-14-17(21)16-19-18(15-6-4-2)20(22)23-19/h4,6,17-19,21H,3,5,7-16H2,1-2H3/t17-,18+,19+/m1/s1. The van der Waals surface area contributed by atoms with Gasteiger partial charge in [0.15, 0.2) is 0 Å². The summed E-state index contributed by atoms with van der Waals surface area (Å²) in [7, 11) is 0. The summed E-state index contributed by atoms with van der Waals surface area (Å²) in [5, 5.41) is 10.1. The molecule has 1 N–H and O–H groups in total. The number of cyclic esters (lactones) is 1. The maximum Gasteiger partial charge on any atom is 0.313 e. The highest BCUT2D eigenvalue weighted by Crippen LogP contribution is 2.30. The summed E-state index contributed by atoms with van der Waals surface area (Å²) < 4.78 is 5.18. The van der Waals surface area contributed by atoms with E-state index >= 15 is 0 Å². The van der Waals surface area contributed by atoms with E-state index in [1.165, 1.54) is 51.4 Å². The van der Waals surface area contributed by atoms with Crippen molar-refractivity contribution in [2.24, 2.45) is 5.92 Å². The smallest absolute Gasteiger partial charge is 0.313 e. The third-order valence-electron chi connectivity index (χ3n) is 4.79. The number of rotatable bonds is 14. The summed E-state index contributed by atoms with van der Waals surface area (Å²) in [5.41, 5.74) is 0. The monoisotopic (exact) mass is 324 g/mol. The molecule has 0 unspecified atom stereocenters. The van der Waals surface area contributed by atoms with Gasteiger partial charge in [0.05, 0.1) is 12.0 Å². The summed E-state index contributed by atoms with van der Waals surface area (Å²) in [5.74, 6) is -0.146. The summed E-state index contributed by atoms with van der Waals surface area (Å²) in [6.45, 7) is 4.20. The molecule has 0 bridgehead atoms. The van der Waals surface area contributed by atoms with Crippen LogP contribution in [0.4, 0.5) is 0 Å². The molecular weight excluding hydrogens is 288 g/mol. The van der Waals surface area contributed by atoms with Gasteiger partial charge in [-0.1, -0.05) is 76.9 Å². The van der Waals surface area contributed by atoms with Crippen molar-refractivity contribution in [2.75, 3.05) is 0 Å². The first-order valence-electron chi connectivity index (χ1n) is 9.68. The normalized spacial score (nSPS) is 22.1. The van der Waals surface area contributed by atoms with Gasteiger partial charge < -0.3 is 9.84 Å². The van der Waals surface area contributed by atoms with Crippen LogP contribution in [-0.4, -0.2) is 23.3 Å². The predicted molar refractivity (Wildman–Crippen MR) is 95.3 cm³/mol. The van der Waals surface area contributed by atoms with E-state index in [-0.39, 0.29) is 24.1 Å². The second-order valence-corrected chi connectivity index (χ2v) is 6.89. The van der Waals surface area contributed by atoms with Crippen LogP contribution in [0.3, 0.4) is 0 Å². The highest BCUT2D eigenvalue weighted by molar-refractivity contribution is 5.78. The van der Waals surface area contributed by atoms with E-state index in [0.29, 0.717) is 6.42 Å².